The lowest BCUT2D eigenvalue weighted by Crippen LogP contribution is -2.35. The highest BCUT2D eigenvalue weighted by molar-refractivity contribution is 7.09. The third-order valence-electron chi connectivity index (χ3n) is 3.40. The first kappa shape index (κ1) is 12.5. The molecule has 1 fully saturated rings. The third-order valence-corrected chi connectivity index (χ3v) is 4.22. The van der Waals surface area contributed by atoms with Gasteiger partial charge in [0.2, 0.25) is 0 Å². The molecule has 3 N–H and O–H groups in total. The van der Waals surface area contributed by atoms with Gasteiger partial charge in [-0.15, -0.1) is 11.3 Å². The van der Waals surface area contributed by atoms with Crippen LogP contribution < -0.4 is 11.1 Å². The maximum Gasteiger partial charge on any atom is 0.129 e. The number of nitrogens with zero attached hydrogens (tertiary/aromatic N) is 3. The van der Waals surface area contributed by atoms with Crippen LogP contribution in [0, 0.1) is 6.92 Å². The summed E-state index contributed by atoms with van der Waals surface area (Å²) in [6.07, 6.45) is 3.68. The van der Waals surface area contributed by atoms with Gasteiger partial charge in [0.25, 0.3) is 0 Å². The topological polar surface area (TPSA) is 76.7 Å². The molecule has 0 spiro atoms. The summed E-state index contributed by atoms with van der Waals surface area (Å²) in [7, 11) is 0. The van der Waals surface area contributed by atoms with Gasteiger partial charge in [0.05, 0.1) is 17.2 Å². The van der Waals surface area contributed by atoms with Gasteiger partial charge in [0, 0.05) is 29.1 Å². The quantitative estimate of drug-likeness (QED) is 0.893. The van der Waals surface area contributed by atoms with E-state index in [-0.39, 0.29) is 0 Å². The first-order chi connectivity index (χ1) is 9.20. The minimum absolute atomic E-state index is 0.342. The first-order valence-corrected chi connectivity index (χ1v) is 7.31. The Hall–Kier alpha value is -1.53. The Bertz CT molecular complexity index is 562. The third kappa shape index (κ3) is 2.90. The van der Waals surface area contributed by atoms with E-state index in [9.17, 15) is 0 Å². The van der Waals surface area contributed by atoms with Crippen LogP contribution in [0.4, 0.5) is 5.82 Å². The van der Waals surface area contributed by atoms with E-state index in [1.54, 1.807) is 17.7 Å². The second-order valence-electron chi connectivity index (χ2n) is 4.97. The summed E-state index contributed by atoms with van der Waals surface area (Å²) in [4.78, 5) is 13.0. The van der Waals surface area contributed by atoms with Crippen LogP contribution in [0.3, 0.4) is 0 Å². The summed E-state index contributed by atoms with van der Waals surface area (Å²) in [5.41, 5.74) is 7.96. The largest absolute Gasteiger partial charge is 0.364 e. The van der Waals surface area contributed by atoms with Crippen LogP contribution in [0.5, 0.6) is 0 Å². The average molecular weight is 275 g/mol. The van der Waals surface area contributed by atoms with Gasteiger partial charge in [0.15, 0.2) is 0 Å². The van der Waals surface area contributed by atoms with Crippen molar-refractivity contribution in [2.45, 2.75) is 38.3 Å². The van der Waals surface area contributed by atoms with Crippen LogP contribution in [0.1, 0.15) is 35.2 Å². The smallest absolute Gasteiger partial charge is 0.129 e. The van der Waals surface area contributed by atoms with Crippen LogP contribution in [-0.2, 0) is 6.54 Å². The number of rotatable bonds is 4. The van der Waals surface area contributed by atoms with Crippen LogP contribution in [0.2, 0.25) is 0 Å². The fourth-order valence-electron chi connectivity index (χ4n) is 2.27. The molecule has 0 saturated heterocycles. The van der Waals surface area contributed by atoms with E-state index >= 15 is 0 Å². The van der Waals surface area contributed by atoms with Crippen molar-refractivity contribution in [1.82, 2.24) is 15.0 Å². The number of nitrogens with two attached hydrogens (primary N) is 1. The first-order valence-electron chi connectivity index (χ1n) is 6.43. The van der Waals surface area contributed by atoms with Gasteiger partial charge in [-0.05, 0) is 19.8 Å². The van der Waals surface area contributed by atoms with Crippen molar-refractivity contribution in [3.05, 3.63) is 34.2 Å². The average Bonchev–Trinajstić information content (AvgIpc) is 2.79. The zero-order valence-corrected chi connectivity index (χ0v) is 11.7. The summed E-state index contributed by atoms with van der Waals surface area (Å²) in [5, 5.41) is 6.44. The molecule has 1 aliphatic rings. The van der Waals surface area contributed by atoms with Gasteiger partial charge in [-0.3, -0.25) is 0 Å². The Morgan fingerprint density at radius 2 is 2.26 bits per heavy atom. The fourth-order valence-corrected chi connectivity index (χ4v) is 2.88. The molecule has 6 heteroatoms. The lowest BCUT2D eigenvalue weighted by Gasteiger charge is -2.31. The summed E-state index contributed by atoms with van der Waals surface area (Å²) >= 11 is 1.66. The van der Waals surface area contributed by atoms with Crippen molar-refractivity contribution in [1.29, 1.82) is 0 Å². The Morgan fingerprint density at radius 3 is 2.95 bits per heavy atom. The van der Waals surface area contributed by atoms with E-state index in [4.69, 9.17) is 5.73 Å². The molecule has 0 radical (unpaired) electrons. The number of hydrogen-bond donors (Lipinski definition) is 2. The zero-order chi connectivity index (χ0) is 13.2. The number of aromatic nitrogens is 3. The van der Waals surface area contributed by atoms with E-state index in [1.807, 2.05) is 13.0 Å². The van der Waals surface area contributed by atoms with Crippen molar-refractivity contribution >= 4 is 17.2 Å². The van der Waals surface area contributed by atoms with E-state index in [2.05, 4.69) is 25.6 Å². The summed E-state index contributed by atoms with van der Waals surface area (Å²) in [6.45, 7) is 2.71. The molecule has 3 rings (SSSR count). The summed E-state index contributed by atoms with van der Waals surface area (Å²) in [5.74, 6) is 1.36. The molecule has 0 amide bonds. The minimum Gasteiger partial charge on any atom is -0.364 e. The molecule has 0 aromatic carbocycles. The van der Waals surface area contributed by atoms with Crippen molar-refractivity contribution in [2.24, 2.45) is 5.73 Å². The lowest BCUT2D eigenvalue weighted by atomic mass is 9.79. The van der Waals surface area contributed by atoms with E-state index in [0.29, 0.717) is 18.5 Å². The molecule has 1 aliphatic carbocycles. The van der Waals surface area contributed by atoms with Gasteiger partial charge in [-0.1, -0.05) is 0 Å². The predicted molar refractivity (Wildman–Crippen MR) is 76.2 cm³/mol. The lowest BCUT2D eigenvalue weighted by molar-refractivity contribution is 0.345. The predicted octanol–water partition coefficient (Wildman–Crippen LogP) is 2.06. The Kier molecular flexibility index (Phi) is 3.44. The number of hydrogen-bond acceptors (Lipinski definition) is 6. The molecule has 19 heavy (non-hydrogen) atoms. The molecular weight excluding hydrogens is 258 g/mol. The van der Waals surface area contributed by atoms with Crippen LogP contribution >= 0.6 is 11.3 Å². The molecule has 5 nitrogen and oxygen atoms in total. The molecular formula is C13H17N5S. The number of aryl methyl sites for hydroxylation is 1. The van der Waals surface area contributed by atoms with Crippen molar-refractivity contribution in [2.75, 3.05) is 5.32 Å². The molecule has 1 saturated carbocycles. The fraction of sp³-hybridized carbons (Fsp3) is 0.462. The molecule has 0 aliphatic heterocycles. The minimum atomic E-state index is 0.342. The van der Waals surface area contributed by atoms with Crippen LogP contribution in [0.25, 0.3) is 0 Å². The van der Waals surface area contributed by atoms with Gasteiger partial charge < -0.3 is 11.1 Å². The second-order valence-corrected chi connectivity index (χ2v) is 6.03. The monoisotopic (exact) mass is 275 g/mol. The van der Waals surface area contributed by atoms with E-state index in [0.717, 1.165) is 35.1 Å². The molecule has 100 valence electrons. The van der Waals surface area contributed by atoms with Crippen molar-refractivity contribution in [3.63, 3.8) is 0 Å². The highest BCUT2D eigenvalue weighted by Crippen LogP contribution is 2.34. The standard InChI is InChI=1S/C13H17N5S/c1-8-18-11(6-19-8)5-15-13-4-12(16-7-17-13)9-2-10(14)3-9/h4,6-7,9-10H,2-3,5,14H2,1H3,(H,15,16,17). The Labute approximate surface area is 116 Å². The number of thiazole rings is 1. The van der Waals surface area contributed by atoms with Gasteiger partial charge >= 0.3 is 0 Å². The van der Waals surface area contributed by atoms with E-state index in [1.165, 1.54) is 0 Å². The molecule has 2 heterocycles. The van der Waals surface area contributed by atoms with Crippen LogP contribution in [0.15, 0.2) is 17.8 Å². The normalized spacial score (nSPS) is 22.0. The molecule has 0 bridgehead atoms. The SMILES string of the molecule is Cc1nc(CNc2cc(C3CC(N)C3)ncn2)cs1. The Morgan fingerprint density at radius 1 is 1.42 bits per heavy atom. The summed E-state index contributed by atoms with van der Waals surface area (Å²) in [6, 6.07) is 2.37. The maximum absolute atomic E-state index is 5.82. The number of anilines is 1. The van der Waals surface area contributed by atoms with Gasteiger partial charge in [-0.25, -0.2) is 15.0 Å². The van der Waals surface area contributed by atoms with E-state index < -0.39 is 0 Å². The molecule has 2 aromatic rings. The van der Waals surface area contributed by atoms with Crippen molar-refractivity contribution < 1.29 is 0 Å². The molecule has 0 atom stereocenters. The highest BCUT2D eigenvalue weighted by Gasteiger charge is 2.28. The van der Waals surface area contributed by atoms with Crippen LogP contribution in [-0.4, -0.2) is 21.0 Å². The maximum atomic E-state index is 5.82. The molecule has 0 unspecified atom stereocenters. The number of nitrogens with one attached hydrogen (secondary N) is 1. The van der Waals surface area contributed by atoms with Crippen molar-refractivity contribution in [3.8, 4) is 0 Å². The molecule has 2 aromatic heterocycles. The second kappa shape index (κ2) is 5.22. The highest BCUT2D eigenvalue weighted by atomic mass is 32.1. The zero-order valence-electron chi connectivity index (χ0n) is 10.8. The van der Waals surface area contributed by atoms with Gasteiger partial charge in [0.1, 0.15) is 12.1 Å². The summed E-state index contributed by atoms with van der Waals surface area (Å²) < 4.78 is 0. The Balaban J connectivity index is 1.63. The van der Waals surface area contributed by atoms with Gasteiger partial charge in [-0.2, -0.15) is 0 Å².